The van der Waals surface area contributed by atoms with Crippen LogP contribution < -0.4 is 19.7 Å². The Hall–Kier alpha value is -4.49. The minimum Gasteiger partial charge on any atom is -0.497 e. The van der Waals surface area contributed by atoms with Gasteiger partial charge in [0, 0.05) is 0 Å². The van der Waals surface area contributed by atoms with E-state index in [2.05, 4.69) is 5.32 Å². The molecule has 0 radical (unpaired) electrons. The molecule has 5 rings (SSSR count). The van der Waals surface area contributed by atoms with E-state index in [9.17, 15) is 9.59 Å². The molecular weight excluding hydrogens is 460 g/mol. The number of anilines is 1. The molecule has 0 unspecified atom stereocenters. The van der Waals surface area contributed by atoms with Gasteiger partial charge in [0.2, 0.25) is 0 Å². The highest BCUT2D eigenvalue weighted by molar-refractivity contribution is 7.80. The van der Waals surface area contributed by atoms with Gasteiger partial charge in [-0.3, -0.25) is 19.8 Å². The molecule has 0 spiro atoms. The summed E-state index contributed by atoms with van der Waals surface area (Å²) in [6, 6.07) is 27.7. The summed E-state index contributed by atoms with van der Waals surface area (Å²) in [4.78, 5) is 27.3. The zero-order valence-electron chi connectivity index (χ0n) is 18.7. The molecule has 1 N–H and O–H groups in total. The van der Waals surface area contributed by atoms with Gasteiger partial charge < -0.3 is 9.47 Å². The number of carbonyl (C=O) groups excluding carboxylic acids is 2. The predicted octanol–water partition coefficient (Wildman–Crippen LogP) is 5.47. The van der Waals surface area contributed by atoms with Crippen molar-refractivity contribution in [1.29, 1.82) is 0 Å². The fourth-order valence-corrected chi connectivity index (χ4v) is 4.09. The molecule has 4 aromatic rings. The molecule has 0 atom stereocenters. The number of methoxy groups -OCH3 is 1. The van der Waals surface area contributed by atoms with Gasteiger partial charge in [-0.05, 0) is 89.2 Å². The average Bonchev–Trinajstić information content (AvgIpc) is 2.87. The standard InChI is InChI=1S/C28H20N2O4S/c1-33-24-12-9-19-15-18(7-8-20(19)17-24)16-25-26(31)29-28(35)30(27(25)32)21-10-13-23(14-11-21)34-22-5-3-2-4-6-22/h2-17H,1H3,(H,29,31,35). The summed E-state index contributed by atoms with van der Waals surface area (Å²) in [5.41, 5.74) is 1.24. The second-order valence-electron chi connectivity index (χ2n) is 7.84. The summed E-state index contributed by atoms with van der Waals surface area (Å²) in [6.45, 7) is 0. The van der Waals surface area contributed by atoms with Crippen molar-refractivity contribution in [2.45, 2.75) is 0 Å². The lowest BCUT2D eigenvalue weighted by Crippen LogP contribution is -2.54. The van der Waals surface area contributed by atoms with Crippen LogP contribution in [0.2, 0.25) is 0 Å². The maximum absolute atomic E-state index is 13.3. The van der Waals surface area contributed by atoms with Crippen LogP contribution >= 0.6 is 12.2 Å². The molecule has 4 aromatic carbocycles. The van der Waals surface area contributed by atoms with E-state index >= 15 is 0 Å². The molecule has 0 aliphatic carbocycles. The predicted molar refractivity (Wildman–Crippen MR) is 140 cm³/mol. The SMILES string of the molecule is COc1ccc2cc(C=C3C(=O)NC(=S)N(c4ccc(Oc5ccccc5)cc4)C3=O)ccc2c1. The van der Waals surface area contributed by atoms with Gasteiger partial charge in [0.1, 0.15) is 22.8 Å². The van der Waals surface area contributed by atoms with Crippen LogP contribution in [0, 0.1) is 0 Å². The number of fused-ring (bicyclic) bond motifs is 1. The topological polar surface area (TPSA) is 67.9 Å². The van der Waals surface area contributed by atoms with E-state index in [1.807, 2.05) is 66.7 Å². The smallest absolute Gasteiger partial charge is 0.270 e. The number of thiocarbonyl (C=S) groups is 1. The molecular formula is C28H20N2O4S. The molecule has 1 aliphatic rings. The fourth-order valence-electron chi connectivity index (χ4n) is 3.81. The van der Waals surface area contributed by atoms with Crippen molar-refractivity contribution in [3.63, 3.8) is 0 Å². The van der Waals surface area contributed by atoms with E-state index in [1.54, 1.807) is 37.5 Å². The van der Waals surface area contributed by atoms with Crippen LogP contribution in [0.4, 0.5) is 5.69 Å². The Morgan fingerprint density at radius 3 is 2.20 bits per heavy atom. The summed E-state index contributed by atoms with van der Waals surface area (Å²) in [5, 5.41) is 4.60. The largest absolute Gasteiger partial charge is 0.497 e. The molecule has 1 saturated heterocycles. The van der Waals surface area contributed by atoms with E-state index in [0.717, 1.165) is 22.1 Å². The third-order valence-electron chi connectivity index (χ3n) is 5.56. The lowest BCUT2D eigenvalue weighted by molar-refractivity contribution is -0.122. The molecule has 2 amide bonds. The molecule has 172 valence electrons. The van der Waals surface area contributed by atoms with Crippen LogP contribution in [0.5, 0.6) is 17.2 Å². The van der Waals surface area contributed by atoms with Gasteiger partial charge in [-0.1, -0.05) is 36.4 Å². The number of carbonyl (C=O) groups is 2. The summed E-state index contributed by atoms with van der Waals surface area (Å²) in [5.74, 6) is 1.05. The number of amides is 2. The molecule has 0 aromatic heterocycles. The maximum Gasteiger partial charge on any atom is 0.270 e. The first-order valence-electron chi connectivity index (χ1n) is 10.8. The molecule has 1 heterocycles. The van der Waals surface area contributed by atoms with Gasteiger partial charge in [0.05, 0.1) is 12.8 Å². The Kier molecular flexibility index (Phi) is 5.99. The monoisotopic (exact) mass is 480 g/mol. The molecule has 6 nitrogen and oxygen atoms in total. The van der Waals surface area contributed by atoms with Crippen molar-refractivity contribution < 1.29 is 19.1 Å². The number of nitrogens with zero attached hydrogens (tertiary/aromatic N) is 1. The Bertz CT molecular complexity index is 1480. The van der Waals surface area contributed by atoms with Crippen molar-refractivity contribution in [3.8, 4) is 17.2 Å². The number of benzene rings is 4. The van der Waals surface area contributed by atoms with Crippen LogP contribution in [0.3, 0.4) is 0 Å². The number of rotatable bonds is 5. The average molecular weight is 481 g/mol. The number of hydrogen-bond acceptors (Lipinski definition) is 5. The second-order valence-corrected chi connectivity index (χ2v) is 8.23. The normalized spacial score (nSPS) is 14.8. The minimum absolute atomic E-state index is 0.00364. The highest BCUT2D eigenvalue weighted by Gasteiger charge is 2.34. The Balaban J connectivity index is 1.42. The first-order chi connectivity index (χ1) is 17.0. The van der Waals surface area contributed by atoms with E-state index in [4.69, 9.17) is 21.7 Å². The number of para-hydroxylation sites is 1. The Morgan fingerprint density at radius 1 is 0.800 bits per heavy atom. The third kappa shape index (κ3) is 4.62. The van der Waals surface area contributed by atoms with E-state index in [-0.39, 0.29) is 10.7 Å². The molecule has 7 heteroatoms. The fraction of sp³-hybridized carbons (Fsp3) is 0.0357. The zero-order chi connectivity index (χ0) is 24.4. The maximum atomic E-state index is 13.3. The molecule has 35 heavy (non-hydrogen) atoms. The van der Waals surface area contributed by atoms with Gasteiger partial charge in [-0.25, -0.2) is 0 Å². The van der Waals surface area contributed by atoms with Crippen LogP contribution in [-0.4, -0.2) is 24.0 Å². The lowest BCUT2D eigenvalue weighted by atomic mass is 10.0. The first-order valence-corrected chi connectivity index (χ1v) is 11.2. The number of ether oxygens (including phenoxy) is 2. The summed E-state index contributed by atoms with van der Waals surface area (Å²) >= 11 is 5.31. The van der Waals surface area contributed by atoms with E-state index < -0.39 is 11.8 Å². The Labute approximate surface area is 207 Å². The summed E-state index contributed by atoms with van der Waals surface area (Å²) in [6.07, 6.45) is 1.57. The Morgan fingerprint density at radius 2 is 1.46 bits per heavy atom. The zero-order valence-corrected chi connectivity index (χ0v) is 19.5. The highest BCUT2D eigenvalue weighted by Crippen LogP contribution is 2.28. The van der Waals surface area contributed by atoms with Gasteiger partial charge >= 0.3 is 0 Å². The van der Waals surface area contributed by atoms with Crippen LogP contribution in [-0.2, 0) is 9.59 Å². The highest BCUT2D eigenvalue weighted by atomic mass is 32.1. The van der Waals surface area contributed by atoms with Gasteiger partial charge in [0.25, 0.3) is 11.8 Å². The van der Waals surface area contributed by atoms with Crippen molar-refractivity contribution in [1.82, 2.24) is 5.32 Å². The van der Waals surface area contributed by atoms with Gasteiger partial charge in [-0.15, -0.1) is 0 Å². The van der Waals surface area contributed by atoms with Gasteiger partial charge in [0.15, 0.2) is 5.11 Å². The number of hydrogen-bond donors (Lipinski definition) is 1. The molecule has 0 bridgehead atoms. The van der Waals surface area contributed by atoms with E-state index in [1.165, 1.54) is 4.90 Å². The second kappa shape index (κ2) is 9.40. The van der Waals surface area contributed by atoms with Crippen molar-refractivity contribution in [3.05, 3.63) is 102 Å². The lowest BCUT2D eigenvalue weighted by Gasteiger charge is -2.29. The quantitative estimate of drug-likeness (QED) is 0.233. The van der Waals surface area contributed by atoms with Gasteiger partial charge in [-0.2, -0.15) is 0 Å². The van der Waals surface area contributed by atoms with Crippen molar-refractivity contribution in [2.24, 2.45) is 0 Å². The third-order valence-corrected chi connectivity index (χ3v) is 5.84. The van der Waals surface area contributed by atoms with Crippen LogP contribution in [0.25, 0.3) is 16.8 Å². The van der Waals surface area contributed by atoms with Crippen LogP contribution in [0.1, 0.15) is 5.56 Å². The summed E-state index contributed by atoms with van der Waals surface area (Å²) < 4.78 is 11.1. The van der Waals surface area contributed by atoms with Crippen molar-refractivity contribution in [2.75, 3.05) is 12.0 Å². The van der Waals surface area contributed by atoms with E-state index in [0.29, 0.717) is 17.2 Å². The first kappa shape index (κ1) is 22.3. The summed E-state index contributed by atoms with van der Waals surface area (Å²) in [7, 11) is 1.62. The van der Waals surface area contributed by atoms with Crippen LogP contribution in [0.15, 0.2) is 96.6 Å². The van der Waals surface area contributed by atoms with Crippen molar-refractivity contribution >= 4 is 51.7 Å². The number of nitrogens with one attached hydrogen (secondary N) is 1. The molecule has 1 aliphatic heterocycles. The molecule has 0 saturated carbocycles. The molecule has 1 fully saturated rings. The minimum atomic E-state index is -0.532.